The van der Waals surface area contributed by atoms with Crippen molar-refractivity contribution in [3.8, 4) is 0 Å². The lowest BCUT2D eigenvalue weighted by molar-refractivity contribution is -0.112. The van der Waals surface area contributed by atoms with E-state index in [0.717, 1.165) is 0 Å². The van der Waals surface area contributed by atoms with Crippen LogP contribution in [0.2, 0.25) is 0 Å². The van der Waals surface area contributed by atoms with Crippen molar-refractivity contribution >= 4 is 29.2 Å². The van der Waals surface area contributed by atoms with E-state index in [0.29, 0.717) is 28.4 Å². The number of hydrogen-bond acceptors (Lipinski definition) is 4. The van der Waals surface area contributed by atoms with Gasteiger partial charge in [0.05, 0.1) is 6.26 Å². The molecule has 0 saturated heterocycles. The largest absolute Gasteiger partial charge is 0.449 e. The highest BCUT2D eigenvalue weighted by Crippen LogP contribution is 2.19. The molecule has 0 radical (unpaired) electrons. The van der Waals surface area contributed by atoms with Crippen LogP contribution in [0.4, 0.5) is 17.3 Å². The normalized spacial score (nSPS) is 11.3. The van der Waals surface area contributed by atoms with E-state index >= 15 is 0 Å². The lowest BCUT2D eigenvalue weighted by Gasteiger charge is -2.05. The Morgan fingerprint density at radius 3 is 2.79 bits per heavy atom. The third-order valence-electron chi connectivity index (χ3n) is 2.60. The van der Waals surface area contributed by atoms with Gasteiger partial charge < -0.3 is 15.9 Å². The molecule has 0 atom stereocenters. The zero-order valence-electron chi connectivity index (χ0n) is 10.5. The first-order valence-electron chi connectivity index (χ1n) is 5.74. The van der Waals surface area contributed by atoms with Crippen LogP contribution in [0.25, 0.3) is 6.08 Å². The summed E-state index contributed by atoms with van der Waals surface area (Å²) in [7, 11) is 0. The molecule has 5 heteroatoms. The summed E-state index contributed by atoms with van der Waals surface area (Å²) in [4.78, 5) is 11.9. The summed E-state index contributed by atoms with van der Waals surface area (Å²) in [5, 5.41) is 2.63. The molecular weight excluding hydrogens is 242 g/mol. The molecule has 19 heavy (non-hydrogen) atoms. The SMILES string of the molecule is CC(=Cc1cc(N)ccc1N)C(=O)Nc1ccco1. The van der Waals surface area contributed by atoms with Gasteiger partial charge in [0, 0.05) is 23.0 Å². The second-order valence-corrected chi connectivity index (χ2v) is 4.15. The van der Waals surface area contributed by atoms with E-state index < -0.39 is 0 Å². The van der Waals surface area contributed by atoms with Crippen LogP contribution in [0, 0.1) is 0 Å². The monoisotopic (exact) mass is 257 g/mol. The second-order valence-electron chi connectivity index (χ2n) is 4.15. The summed E-state index contributed by atoms with van der Waals surface area (Å²) in [6, 6.07) is 8.51. The van der Waals surface area contributed by atoms with Crippen LogP contribution in [-0.4, -0.2) is 5.91 Å². The molecule has 1 aromatic heterocycles. The van der Waals surface area contributed by atoms with Crippen molar-refractivity contribution < 1.29 is 9.21 Å². The number of nitrogens with two attached hydrogens (primary N) is 2. The number of furan rings is 1. The number of carbonyl (C=O) groups is 1. The van der Waals surface area contributed by atoms with E-state index in [-0.39, 0.29) is 5.91 Å². The van der Waals surface area contributed by atoms with Crippen molar-refractivity contribution in [2.75, 3.05) is 16.8 Å². The third-order valence-corrected chi connectivity index (χ3v) is 2.60. The zero-order valence-corrected chi connectivity index (χ0v) is 10.5. The van der Waals surface area contributed by atoms with Gasteiger partial charge in [-0.3, -0.25) is 10.1 Å². The van der Waals surface area contributed by atoms with E-state index in [1.807, 2.05) is 0 Å². The van der Waals surface area contributed by atoms with Gasteiger partial charge in [0.2, 0.25) is 0 Å². The average molecular weight is 257 g/mol. The minimum Gasteiger partial charge on any atom is -0.449 e. The molecule has 0 bridgehead atoms. The van der Waals surface area contributed by atoms with E-state index in [2.05, 4.69) is 5.32 Å². The van der Waals surface area contributed by atoms with Crippen LogP contribution in [-0.2, 0) is 4.79 Å². The standard InChI is InChI=1S/C14H15N3O2/c1-9(14(18)17-13-3-2-6-19-13)7-10-8-11(15)4-5-12(10)16/h2-8H,15-16H2,1H3,(H,17,18). The fraction of sp³-hybridized carbons (Fsp3) is 0.0714. The van der Waals surface area contributed by atoms with Gasteiger partial charge in [-0.1, -0.05) is 0 Å². The highest BCUT2D eigenvalue weighted by Gasteiger charge is 2.07. The van der Waals surface area contributed by atoms with Crippen LogP contribution >= 0.6 is 0 Å². The highest BCUT2D eigenvalue weighted by atomic mass is 16.3. The Morgan fingerprint density at radius 1 is 1.32 bits per heavy atom. The predicted octanol–water partition coefficient (Wildman–Crippen LogP) is 2.49. The summed E-state index contributed by atoms with van der Waals surface area (Å²) in [6.07, 6.45) is 3.18. The van der Waals surface area contributed by atoms with Crippen LogP contribution in [0.1, 0.15) is 12.5 Å². The highest BCUT2D eigenvalue weighted by molar-refractivity contribution is 6.06. The topological polar surface area (TPSA) is 94.3 Å². The fourth-order valence-corrected chi connectivity index (χ4v) is 1.58. The van der Waals surface area contributed by atoms with Crippen LogP contribution in [0.5, 0.6) is 0 Å². The number of amides is 1. The minimum absolute atomic E-state index is 0.253. The van der Waals surface area contributed by atoms with Crippen molar-refractivity contribution in [3.05, 3.63) is 47.7 Å². The van der Waals surface area contributed by atoms with E-state index in [9.17, 15) is 4.79 Å². The van der Waals surface area contributed by atoms with E-state index in [4.69, 9.17) is 15.9 Å². The number of nitrogens with one attached hydrogen (secondary N) is 1. The molecule has 0 fully saturated rings. The fourth-order valence-electron chi connectivity index (χ4n) is 1.58. The quantitative estimate of drug-likeness (QED) is 0.581. The summed E-state index contributed by atoms with van der Waals surface area (Å²) in [5.74, 6) is 0.148. The van der Waals surface area contributed by atoms with Crippen molar-refractivity contribution in [2.24, 2.45) is 0 Å². The summed E-state index contributed by atoms with van der Waals surface area (Å²) in [5.41, 5.74) is 13.9. The Kier molecular flexibility index (Phi) is 3.56. The first-order chi connectivity index (χ1) is 9.06. The predicted molar refractivity (Wildman–Crippen MR) is 76.3 cm³/mol. The summed E-state index contributed by atoms with van der Waals surface area (Å²) < 4.78 is 5.04. The maximum atomic E-state index is 11.9. The molecule has 1 aromatic carbocycles. The van der Waals surface area contributed by atoms with Gasteiger partial charge in [0.1, 0.15) is 0 Å². The molecule has 2 aromatic rings. The van der Waals surface area contributed by atoms with Crippen molar-refractivity contribution in [1.29, 1.82) is 0 Å². The van der Waals surface area contributed by atoms with Crippen LogP contribution in [0.3, 0.4) is 0 Å². The van der Waals surface area contributed by atoms with Gasteiger partial charge in [-0.15, -0.1) is 0 Å². The van der Waals surface area contributed by atoms with E-state index in [1.165, 1.54) is 6.26 Å². The molecule has 0 spiro atoms. The molecule has 98 valence electrons. The number of hydrogen-bond donors (Lipinski definition) is 3. The Bertz CT molecular complexity index is 616. The van der Waals surface area contributed by atoms with Crippen molar-refractivity contribution in [1.82, 2.24) is 0 Å². The number of carbonyl (C=O) groups excluding carboxylic acids is 1. The molecule has 0 aliphatic rings. The second kappa shape index (κ2) is 5.30. The molecule has 2 rings (SSSR count). The number of rotatable bonds is 3. The maximum absolute atomic E-state index is 11.9. The van der Waals surface area contributed by atoms with Gasteiger partial charge >= 0.3 is 0 Å². The number of benzene rings is 1. The molecule has 1 heterocycles. The molecule has 0 aliphatic carbocycles. The van der Waals surface area contributed by atoms with Crippen LogP contribution in [0.15, 0.2) is 46.6 Å². The molecular formula is C14H15N3O2. The van der Waals surface area contributed by atoms with Crippen molar-refractivity contribution in [3.63, 3.8) is 0 Å². The molecule has 5 nitrogen and oxygen atoms in total. The molecule has 0 unspecified atom stereocenters. The molecule has 5 N–H and O–H groups in total. The molecule has 0 aliphatic heterocycles. The molecule has 0 saturated carbocycles. The lowest BCUT2D eigenvalue weighted by Crippen LogP contribution is -2.12. The Morgan fingerprint density at radius 2 is 2.11 bits per heavy atom. The molecule has 1 amide bonds. The first kappa shape index (κ1) is 12.8. The van der Waals surface area contributed by atoms with E-state index in [1.54, 1.807) is 43.3 Å². The Balaban J connectivity index is 2.18. The third kappa shape index (κ3) is 3.16. The first-order valence-corrected chi connectivity index (χ1v) is 5.74. The zero-order chi connectivity index (χ0) is 13.8. The Hall–Kier alpha value is -2.69. The van der Waals surface area contributed by atoms with Gasteiger partial charge in [0.25, 0.3) is 5.91 Å². The minimum atomic E-state index is -0.253. The maximum Gasteiger partial charge on any atom is 0.253 e. The average Bonchev–Trinajstić information content (AvgIpc) is 2.86. The van der Waals surface area contributed by atoms with Crippen LogP contribution < -0.4 is 16.8 Å². The number of anilines is 3. The van der Waals surface area contributed by atoms with Gasteiger partial charge in [-0.2, -0.15) is 0 Å². The van der Waals surface area contributed by atoms with Gasteiger partial charge in [0.15, 0.2) is 5.88 Å². The van der Waals surface area contributed by atoms with Gasteiger partial charge in [-0.05, 0) is 42.8 Å². The summed E-state index contributed by atoms with van der Waals surface area (Å²) in [6.45, 7) is 1.70. The van der Waals surface area contributed by atoms with Crippen molar-refractivity contribution in [2.45, 2.75) is 6.92 Å². The Labute approximate surface area is 110 Å². The van der Waals surface area contributed by atoms with Gasteiger partial charge in [-0.25, -0.2) is 0 Å². The smallest absolute Gasteiger partial charge is 0.253 e. The lowest BCUT2D eigenvalue weighted by atomic mass is 10.1. The summed E-state index contributed by atoms with van der Waals surface area (Å²) >= 11 is 0. The number of nitrogen functional groups attached to an aromatic ring is 2.